The van der Waals surface area contributed by atoms with Crippen LogP contribution in [0.5, 0.6) is 0 Å². The molecular formula is C31H36F3N4O2+. The average Bonchev–Trinajstić information content (AvgIpc) is 3.78. The van der Waals surface area contributed by atoms with Crippen LogP contribution in [0, 0.1) is 17.2 Å². The van der Waals surface area contributed by atoms with Crippen LogP contribution in [0.25, 0.3) is 11.1 Å². The number of quaternary nitrogens is 1. The molecule has 2 aromatic carbocycles. The summed E-state index contributed by atoms with van der Waals surface area (Å²) in [7, 11) is 0. The number of nitriles is 1. The number of carbonyl (C=O) groups is 2. The maximum absolute atomic E-state index is 14.5. The van der Waals surface area contributed by atoms with Gasteiger partial charge in [0.25, 0.3) is 12.3 Å². The van der Waals surface area contributed by atoms with Gasteiger partial charge in [-0.3, -0.25) is 9.59 Å². The van der Waals surface area contributed by atoms with Crippen LogP contribution in [0.4, 0.5) is 13.2 Å². The summed E-state index contributed by atoms with van der Waals surface area (Å²) < 4.78 is 43.0. The Morgan fingerprint density at radius 1 is 1.07 bits per heavy atom. The minimum absolute atomic E-state index is 0.0388. The number of rotatable bonds is 12. The molecule has 0 radical (unpaired) electrons. The van der Waals surface area contributed by atoms with Crippen LogP contribution in [-0.4, -0.2) is 41.5 Å². The van der Waals surface area contributed by atoms with Crippen molar-refractivity contribution in [3.05, 3.63) is 59.7 Å². The number of benzene rings is 2. The molecule has 0 saturated heterocycles. The standard InChI is InChI=1S/C31H35F3N4O2/c1-30(2,34)16-25(29(40)38-31(17-35)13-14-31)37-26(27(32)33)21-9-5-19(6-10-21)18-3-7-20(8-4-18)23-15-24(23)28(39)36-22-11-12-22/h3-10,22-27,37H,11-16H2,1-2H3,(H,36,39)(H,38,40)/p+1/t23?,24-,25+,26+/m1/s1. The zero-order valence-electron chi connectivity index (χ0n) is 22.8. The van der Waals surface area contributed by atoms with Crippen LogP contribution in [0.3, 0.4) is 0 Å². The third-order valence-electron chi connectivity index (χ3n) is 8.10. The lowest BCUT2D eigenvalue weighted by atomic mass is 9.96. The highest BCUT2D eigenvalue weighted by Crippen LogP contribution is 2.48. The highest BCUT2D eigenvalue weighted by atomic mass is 19.3. The summed E-state index contributed by atoms with van der Waals surface area (Å²) in [5, 5.41) is 16.2. The molecule has 0 aliphatic heterocycles. The normalized spacial score (nSPS) is 22.6. The van der Waals surface area contributed by atoms with Crippen LogP contribution in [0.15, 0.2) is 48.5 Å². The van der Waals surface area contributed by atoms with Crippen molar-refractivity contribution in [2.24, 2.45) is 5.92 Å². The molecule has 212 valence electrons. The SMILES string of the molecule is CC(C)(F)C[C@H]([NH2+][C@@H](c1ccc(-c2ccc(C3C[C@H]3C(=O)NC3CC3)cc2)cc1)C(F)F)C(=O)NC1(C#N)CC1. The van der Waals surface area contributed by atoms with Crippen molar-refractivity contribution in [1.29, 1.82) is 5.26 Å². The van der Waals surface area contributed by atoms with Gasteiger partial charge in [0.05, 0.1) is 6.07 Å². The molecule has 0 aromatic heterocycles. The molecule has 40 heavy (non-hydrogen) atoms. The first-order valence-corrected chi connectivity index (χ1v) is 14.0. The average molecular weight is 554 g/mol. The number of nitrogens with zero attached hydrogens (tertiary/aromatic N) is 1. The second-order valence-electron chi connectivity index (χ2n) is 12.2. The zero-order valence-corrected chi connectivity index (χ0v) is 22.8. The Kier molecular flexibility index (Phi) is 7.66. The first kappa shape index (κ1) is 28.2. The van der Waals surface area contributed by atoms with Crippen molar-refractivity contribution in [3.63, 3.8) is 0 Å². The lowest BCUT2D eigenvalue weighted by Gasteiger charge is -2.26. The van der Waals surface area contributed by atoms with Gasteiger partial charge in [0, 0.05) is 23.9 Å². The van der Waals surface area contributed by atoms with E-state index in [2.05, 4.69) is 16.7 Å². The summed E-state index contributed by atoms with van der Waals surface area (Å²) in [6, 6.07) is 14.7. The van der Waals surface area contributed by atoms with Crippen molar-refractivity contribution in [2.45, 2.75) is 94.0 Å². The fraction of sp³-hybridized carbons (Fsp3) is 0.516. The third kappa shape index (κ3) is 6.84. The number of carbonyl (C=O) groups excluding carboxylic acids is 2. The Labute approximate surface area is 232 Å². The predicted octanol–water partition coefficient (Wildman–Crippen LogP) is 4.28. The first-order valence-electron chi connectivity index (χ1n) is 14.0. The van der Waals surface area contributed by atoms with Gasteiger partial charge in [-0.15, -0.1) is 0 Å². The smallest absolute Gasteiger partial charge is 0.293 e. The van der Waals surface area contributed by atoms with E-state index < -0.39 is 35.6 Å². The number of amides is 2. The maximum atomic E-state index is 14.5. The molecule has 1 unspecified atom stereocenters. The molecule has 6 nitrogen and oxygen atoms in total. The van der Waals surface area contributed by atoms with Gasteiger partial charge in [0.2, 0.25) is 5.91 Å². The molecule has 4 N–H and O–H groups in total. The Morgan fingerprint density at radius 2 is 1.68 bits per heavy atom. The van der Waals surface area contributed by atoms with Crippen LogP contribution >= 0.6 is 0 Å². The summed E-state index contributed by atoms with van der Waals surface area (Å²) in [5.74, 6) is -0.184. The van der Waals surface area contributed by atoms with Crippen molar-refractivity contribution >= 4 is 11.8 Å². The summed E-state index contributed by atoms with van der Waals surface area (Å²) in [6.07, 6.45) is 0.935. The van der Waals surface area contributed by atoms with E-state index in [0.29, 0.717) is 24.4 Å². The summed E-state index contributed by atoms with van der Waals surface area (Å²) in [6.45, 7) is 2.62. The first-order chi connectivity index (χ1) is 19.0. The number of alkyl halides is 3. The Bertz CT molecular complexity index is 1280. The Balaban J connectivity index is 1.25. The van der Waals surface area contributed by atoms with E-state index in [1.54, 1.807) is 24.3 Å². The van der Waals surface area contributed by atoms with Crippen molar-refractivity contribution in [1.82, 2.24) is 10.6 Å². The fourth-order valence-electron chi connectivity index (χ4n) is 5.29. The molecule has 0 bridgehead atoms. The van der Waals surface area contributed by atoms with Crippen LogP contribution in [-0.2, 0) is 9.59 Å². The quantitative estimate of drug-likeness (QED) is 0.366. The van der Waals surface area contributed by atoms with Crippen molar-refractivity contribution in [2.75, 3.05) is 0 Å². The van der Waals surface area contributed by atoms with E-state index in [0.717, 1.165) is 36.0 Å². The molecule has 2 amide bonds. The van der Waals surface area contributed by atoms with Crippen LogP contribution in [0.2, 0.25) is 0 Å². The molecule has 9 heteroatoms. The number of nitrogens with one attached hydrogen (secondary N) is 2. The van der Waals surface area contributed by atoms with Crippen LogP contribution in [0.1, 0.15) is 75.5 Å². The van der Waals surface area contributed by atoms with E-state index in [4.69, 9.17) is 0 Å². The topological polar surface area (TPSA) is 98.6 Å². The van der Waals surface area contributed by atoms with Gasteiger partial charge >= 0.3 is 0 Å². The molecular weight excluding hydrogens is 517 g/mol. The fourth-order valence-corrected chi connectivity index (χ4v) is 5.29. The maximum Gasteiger partial charge on any atom is 0.293 e. The molecule has 3 aliphatic rings. The predicted molar refractivity (Wildman–Crippen MR) is 144 cm³/mol. The molecule has 3 aliphatic carbocycles. The van der Waals surface area contributed by atoms with E-state index in [-0.39, 0.29) is 24.2 Å². The van der Waals surface area contributed by atoms with Gasteiger partial charge in [-0.2, -0.15) is 5.26 Å². The molecule has 0 heterocycles. The second kappa shape index (κ2) is 10.9. The molecule has 3 fully saturated rings. The van der Waals surface area contributed by atoms with Gasteiger partial charge in [0.1, 0.15) is 11.2 Å². The molecule has 3 saturated carbocycles. The van der Waals surface area contributed by atoms with Gasteiger partial charge in [0.15, 0.2) is 12.1 Å². The molecule has 5 rings (SSSR count). The van der Waals surface area contributed by atoms with E-state index in [1.807, 2.05) is 24.3 Å². The van der Waals surface area contributed by atoms with E-state index in [1.165, 1.54) is 19.2 Å². The number of nitrogens with two attached hydrogens (primary N) is 1. The van der Waals surface area contributed by atoms with Crippen molar-refractivity contribution in [3.8, 4) is 17.2 Å². The van der Waals surface area contributed by atoms with Gasteiger partial charge in [-0.05, 0) is 68.6 Å². The Hall–Kier alpha value is -3.38. The van der Waals surface area contributed by atoms with Gasteiger partial charge < -0.3 is 16.0 Å². The van der Waals surface area contributed by atoms with Gasteiger partial charge in [-0.25, -0.2) is 13.2 Å². The monoisotopic (exact) mass is 553 g/mol. The second-order valence-corrected chi connectivity index (χ2v) is 12.2. The van der Waals surface area contributed by atoms with E-state index >= 15 is 0 Å². The number of hydrogen-bond acceptors (Lipinski definition) is 3. The lowest BCUT2D eigenvalue weighted by Crippen LogP contribution is -2.95. The lowest BCUT2D eigenvalue weighted by molar-refractivity contribution is -0.726. The van der Waals surface area contributed by atoms with E-state index in [9.17, 15) is 28.0 Å². The third-order valence-corrected chi connectivity index (χ3v) is 8.10. The van der Waals surface area contributed by atoms with Gasteiger partial charge in [-0.1, -0.05) is 48.5 Å². The van der Waals surface area contributed by atoms with Crippen molar-refractivity contribution < 1.29 is 28.1 Å². The zero-order chi connectivity index (χ0) is 28.7. The summed E-state index contributed by atoms with van der Waals surface area (Å²) in [5.41, 5.74) is 0.500. The molecule has 2 aromatic rings. The highest BCUT2D eigenvalue weighted by Gasteiger charge is 2.48. The van der Waals surface area contributed by atoms with Crippen LogP contribution < -0.4 is 16.0 Å². The molecule has 0 spiro atoms. The number of hydrogen-bond donors (Lipinski definition) is 3. The minimum atomic E-state index is -2.79. The largest absolute Gasteiger partial charge is 0.353 e. The minimum Gasteiger partial charge on any atom is -0.353 e. The Morgan fingerprint density at radius 3 is 2.17 bits per heavy atom. The molecule has 4 atom stereocenters. The summed E-state index contributed by atoms with van der Waals surface area (Å²) in [4.78, 5) is 25.2. The summed E-state index contributed by atoms with van der Waals surface area (Å²) >= 11 is 0. The number of halogens is 3. The highest BCUT2D eigenvalue weighted by molar-refractivity contribution is 5.83.